The van der Waals surface area contributed by atoms with E-state index in [4.69, 9.17) is 14.2 Å². The molecule has 170 valence electrons. The predicted molar refractivity (Wildman–Crippen MR) is 119 cm³/mol. The van der Waals surface area contributed by atoms with Gasteiger partial charge in [0, 0.05) is 19.2 Å². The van der Waals surface area contributed by atoms with Crippen LogP contribution in [0.3, 0.4) is 0 Å². The van der Waals surface area contributed by atoms with E-state index in [1.807, 2.05) is 19.9 Å². The third-order valence-corrected chi connectivity index (χ3v) is 6.32. The Bertz CT molecular complexity index is 1000. The molecule has 1 atom stereocenters. The van der Waals surface area contributed by atoms with Crippen LogP contribution in [0.15, 0.2) is 41.3 Å². The van der Waals surface area contributed by atoms with Crippen LogP contribution in [0.5, 0.6) is 11.5 Å². The number of nitrogens with zero attached hydrogens (tertiary/aromatic N) is 1. The molecule has 0 saturated heterocycles. The molecular weight excluding hydrogens is 420 g/mol. The van der Waals surface area contributed by atoms with Gasteiger partial charge in [-0.25, -0.2) is 8.42 Å². The fraction of sp³-hybridized carbons (Fsp3) is 0.409. The zero-order chi connectivity index (χ0) is 23.2. The molecule has 2 aromatic rings. The third-order valence-electron chi connectivity index (χ3n) is 4.55. The number of rotatable bonds is 10. The summed E-state index contributed by atoms with van der Waals surface area (Å²) < 4.78 is 43.8. The summed E-state index contributed by atoms with van der Waals surface area (Å²) in [5, 5.41) is 2.76. The number of ether oxygens (including phenoxy) is 3. The molecule has 1 N–H and O–H groups in total. The summed E-state index contributed by atoms with van der Waals surface area (Å²) in [4.78, 5) is 12.7. The van der Waals surface area contributed by atoms with E-state index in [9.17, 15) is 13.2 Å². The highest BCUT2D eigenvalue weighted by Crippen LogP contribution is 2.32. The molecule has 1 amide bonds. The van der Waals surface area contributed by atoms with Crippen LogP contribution in [0, 0.1) is 13.8 Å². The summed E-state index contributed by atoms with van der Waals surface area (Å²) in [6.07, 6.45) is 0. The van der Waals surface area contributed by atoms with E-state index >= 15 is 0 Å². The molecule has 0 aromatic heterocycles. The van der Waals surface area contributed by atoms with E-state index in [0.717, 1.165) is 15.4 Å². The first-order valence-corrected chi connectivity index (χ1v) is 11.2. The van der Waals surface area contributed by atoms with Crippen molar-refractivity contribution in [2.45, 2.75) is 31.7 Å². The first-order chi connectivity index (χ1) is 14.6. The Hall–Kier alpha value is -2.78. The van der Waals surface area contributed by atoms with Crippen molar-refractivity contribution in [1.29, 1.82) is 0 Å². The van der Waals surface area contributed by atoms with Crippen LogP contribution in [0.1, 0.15) is 18.1 Å². The van der Waals surface area contributed by atoms with E-state index in [1.54, 1.807) is 19.1 Å². The van der Waals surface area contributed by atoms with Crippen molar-refractivity contribution >= 4 is 21.6 Å². The van der Waals surface area contributed by atoms with E-state index in [0.29, 0.717) is 18.0 Å². The number of carbonyl (C=O) groups is 1. The standard InChI is InChI=1S/C22H30N2O6S/c1-15-9-16(2)11-18(10-15)24(13-22(25)23-17(3)14-28-4)31(26,27)19-7-8-20(29-5)21(12-19)30-6/h7-12,17H,13-14H2,1-6H3,(H,23,25)/t17-/m1/s1. The number of benzene rings is 2. The van der Waals surface area contributed by atoms with Crippen LogP contribution in [-0.2, 0) is 19.6 Å². The quantitative estimate of drug-likeness (QED) is 0.598. The Labute approximate surface area is 184 Å². The number of aryl methyl sites for hydroxylation is 2. The highest BCUT2D eigenvalue weighted by molar-refractivity contribution is 7.92. The van der Waals surface area contributed by atoms with Crippen LogP contribution in [0.2, 0.25) is 0 Å². The van der Waals surface area contributed by atoms with Gasteiger partial charge in [0.15, 0.2) is 11.5 Å². The third kappa shape index (κ3) is 6.11. The summed E-state index contributed by atoms with van der Waals surface area (Å²) in [5.74, 6) is 0.250. The molecule has 0 aliphatic rings. The van der Waals surface area contributed by atoms with Gasteiger partial charge in [0.25, 0.3) is 10.0 Å². The van der Waals surface area contributed by atoms with Gasteiger partial charge in [0.1, 0.15) is 6.54 Å². The van der Waals surface area contributed by atoms with Crippen molar-refractivity contribution in [3.05, 3.63) is 47.5 Å². The summed E-state index contributed by atoms with van der Waals surface area (Å²) in [6, 6.07) is 9.47. The molecule has 31 heavy (non-hydrogen) atoms. The van der Waals surface area contributed by atoms with E-state index in [-0.39, 0.29) is 23.2 Å². The zero-order valence-electron chi connectivity index (χ0n) is 18.8. The van der Waals surface area contributed by atoms with Gasteiger partial charge in [0.05, 0.1) is 31.4 Å². The first kappa shape index (κ1) is 24.5. The average molecular weight is 451 g/mol. The summed E-state index contributed by atoms with van der Waals surface area (Å²) >= 11 is 0. The second kappa shape index (κ2) is 10.5. The Balaban J connectivity index is 2.51. The maximum absolute atomic E-state index is 13.6. The highest BCUT2D eigenvalue weighted by Gasteiger charge is 2.29. The lowest BCUT2D eigenvalue weighted by molar-refractivity contribution is -0.120. The lowest BCUT2D eigenvalue weighted by Crippen LogP contribution is -2.44. The van der Waals surface area contributed by atoms with Crippen molar-refractivity contribution in [2.75, 3.05) is 38.8 Å². The van der Waals surface area contributed by atoms with Crippen LogP contribution in [-0.4, -0.2) is 54.8 Å². The summed E-state index contributed by atoms with van der Waals surface area (Å²) in [5.41, 5.74) is 2.17. The van der Waals surface area contributed by atoms with Crippen molar-refractivity contribution < 1.29 is 27.4 Å². The molecule has 2 rings (SSSR count). The molecule has 2 aromatic carbocycles. The second-order valence-electron chi connectivity index (χ2n) is 7.30. The zero-order valence-corrected chi connectivity index (χ0v) is 19.6. The maximum atomic E-state index is 13.6. The van der Waals surface area contributed by atoms with Gasteiger partial charge in [-0.05, 0) is 56.2 Å². The van der Waals surface area contributed by atoms with E-state index in [1.165, 1.54) is 39.5 Å². The normalized spacial score (nSPS) is 12.2. The molecular formula is C22H30N2O6S. The van der Waals surface area contributed by atoms with Gasteiger partial charge >= 0.3 is 0 Å². The van der Waals surface area contributed by atoms with Gasteiger partial charge in [-0.2, -0.15) is 0 Å². The Morgan fingerprint density at radius 2 is 1.61 bits per heavy atom. The molecule has 0 aliphatic carbocycles. The van der Waals surface area contributed by atoms with Crippen LogP contribution in [0.25, 0.3) is 0 Å². The van der Waals surface area contributed by atoms with Gasteiger partial charge < -0.3 is 19.5 Å². The fourth-order valence-corrected chi connectivity index (χ4v) is 4.68. The molecule has 0 radical (unpaired) electrons. The smallest absolute Gasteiger partial charge is 0.264 e. The number of amides is 1. The van der Waals surface area contributed by atoms with Crippen molar-refractivity contribution in [3.63, 3.8) is 0 Å². The molecule has 9 heteroatoms. The molecule has 0 bridgehead atoms. The first-order valence-electron chi connectivity index (χ1n) is 9.73. The molecule has 0 fully saturated rings. The number of methoxy groups -OCH3 is 3. The second-order valence-corrected chi connectivity index (χ2v) is 9.16. The monoisotopic (exact) mass is 450 g/mol. The highest BCUT2D eigenvalue weighted by atomic mass is 32.2. The number of hydrogen-bond acceptors (Lipinski definition) is 6. The topological polar surface area (TPSA) is 94.2 Å². The Kier molecular flexibility index (Phi) is 8.29. The lowest BCUT2D eigenvalue weighted by atomic mass is 10.1. The minimum absolute atomic E-state index is 0.0120. The molecule has 0 unspecified atom stereocenters. The number of carbonyl (C=O) groups excluding carboxylic acids is 1. The minimum Gasteiger partial charge on any atom is -0.493 e. The molecule has 8 nitrogen and oxygen atoms in total. The van der Waals surface area contributed by atoms with Crippen LogP contribution in [0.4, 0.5) is 5.69 Å². The van der Waals surface area contributed by atoms with Crippen molar-refractivity contribution in [3.8, 4) is 11.5 Å². The summed E-state index contributed by atoms with van der Waals surface area (Å²) in [7, 11) is 0.354. The molecule has 0 saturated carbocycles. The average Bonchev–Trinajstić information content (AvgIpc) is 2.70. The summed E-state index contributed by atoms with van der Waals surface area (Å²) in [6.45, 7) is 5.47. The number of sulfonamides is 1. The largest absolute Gasteiger partial charge is 0.493 e. The van der Waals surface area contributed by atoms with Gasteiger partial charge in [-0.15, -0.1) is 0 Å². The van der Waals surface area contributed by atoms with Crippen LogP contribution >= 0.6 is 0 Å². The van der Waals surface area contributed by atoms with Crippen molar-refractivity contribution in [2.24, 2.45) is 0 Å². The van der Waals surface area contributed by atoms with Gasteiger partial charge in [-0.1, -0.05) is 6.07 Å². The Morgan fingerprint density at radius 1 is 1.00 bits per heavy atom. The Morgan fingerprint density at radius 3 is 2.16 bits per heavy atom. The number of nitrogens with one attached hydrogen (secondary N) is 1. The van der Waals surface area contributed by atoms with Crippen molar-refractivity contribution in [1.82, 2.24) is 5.32 Å². The maximum Gasteiger partial charge on any atom is 0.264 e. The fourth-order valence-electron chi connectivity index (χ4n) is 3.26. The molecule has 0 spiro atoms. The number of hydrogen-bond donors (Lipinski definition) is 1. The predicted octanol–water partition coefficient (Wildman–Crippen LogP) is 2.67. The SMILES string of the molecule is COC[C@@H](C)NC(=O)CN(c1cc(C)cc(C)c1)S(=O)(=O)c1ccc(OC)c(OC)c1. The lowest BCUT2D eigenvalue weighted by Gasteiger charge is -2.26. The molecule has 0 aliphatic heterocycles. The van der Waals surface area contributed by atoms with Crippen LogP contribution < -0.4 is 19.1 Å². The van der Waals surface area contributed by atoms with Gasteiger partial charge in [0.2, 0.25) is 5.91 Å². The number of anilines is 1. The van der Waals surface area contributed by atoms with E-state index in [2.05, 4.69) is 5.32 Å². The minimum atomic E-state index is -4.08. The van der Waals surface area contributed by atoms with E-state index < -0.39 is 15.9 Å². The molecule has 0 heterocycles. The van der Waals surface area contributed by atoms with Gasteiger partial charge in [-0.3, -0.25) is 9.10 Å².